The predicted molar refractivity (Wildman–Crippen MR) is 114 cm³/mol. The van der Waals surface area contributed by atoms with Crippen LogP contribution < -0.4 is 10.6 Å². The molecule has 0 aliphatic heterocycles. The third-order valence-electron chi connectivity index (χ3n) is 3.93. The van der Waals surface area contributed by atoms with Gasteiger partial charge in [0.2, 0.25) is 11.8 Å². The molecule has 0 spiro atoms. The monoisotopic (exact) mass is 411 g/mol. The summed E-state index contributed by atoms with van der Waals surface area (Å²) in [5.74, 6) is -0.427. The number of carbonyl (C=O) groups is 2. The Balaban J connectivity index is 1.50. The number of rotatable bonds is 7. The number of amides is 2. The van der Waals surface area contributed by atoms with Crippen molar-refractivity contribution < 1.29 is 9.59 Å². The summed E-state index contributed by atoms with van der Waals surface area (Å²) in [6.07, 6.45) is 0.259. The minimum atomic E-state index is -0.250. The minimum absolute atomic E-state index is 0.0556. The molecule has 0 radical (unpaired) electrons. The van der Waals surface area contributed by atoms with Gasteiger partial charge in [-0.15, -0.1) is 11.3 Å². The Hall–Kier alpha value is -2.64. The fourth-order valence-corrected chi connectivity index (χ4v) is 4.45. The fourth-order valence-electron chi connectivity index (χ4n) is 2.54. The predicted octanol–water partition coefficient (Wildman–Crippen LogP) is 4.21. The molecule has 0 saturated heterocycles. The maximum atomic E-state index is 12.2. The first-order valence-corrected chi connectivity index (χ1v) is 10.5. The number of carbonyl (C=O) groups excluding carboxylic acids is 2. The first-order valence-electron chi connectivity index (χ1n) is 8.81. The Morgan fingerprint density at radius 2 is 1.86 bits per heavy atom. The molecule has 7 heteroatoms. The summed E-state index contributed by atoms with van der Waals surface area (Å²) in [6.45, 7) is 3.86. The van der Waals surface area contributed by atoms with E-state index in [1.807, 2.05) is 67.8 Å². The second-order valence-electron chi connectivity index (χ2n) is 6.32. The number of nitrogens with zero attached hydrogens (tertiary/aromatic N) is 1. The minimum Gasteiger partial charge on any atom is -0.347 e. The number of hydrogen-bond donors (Lipinski definition) is 2. The summed E-state index contributed by atoms with van der Waals surface area (Å²) in [5.41, 5.74) is 3.63. The second kappa shape index (κ2) is 9.52. The van der Waals surface area contributed by atoms with Crippen LogP contribution in [0.5, 0.6) is 0 Å². The molecule has 0 fully saturated rings. The number of benzene rings is 2. The number of aromatic nitrogens is 1. The standard InChI is InChI=1S/C21H21N3O2S2/c1-14-10-17(28-21-23-15(2)13-27-21)8-9-18(14)24-20(26)12-22-19(25)11-16-6-4-3-5-7-16/h3-10,13H,11-12H2,1-2H3,(H,22,25)(H,24,26). The van der Waals surface area contributed by atoms with E-state index in [4.69, 9.17) is 0 Å². The average Bonchev–Trinajstić information content (AvgIpc) is 3.08. The van der Waals surface area contributed by atoms with Crippen molar-refractivity contribution in [3.8, 4) is 0 Å². The van der Waals surface area contributed by atoms with Gasteiger partial charge in [-0.05, 0) is 43.2 Å². The normalized spacial score (nSPS) is 10.5. The maximum Gasteiger partial charge on any atom is 0.243 e. The van der Waals surface area contributed by atoms with Crippen LogP contribution in [0.3, 0.4) is 0 Å². The van der Waals surface area contributed by atoms with Gasteiger partial charge in [0, 0.05) is 21.7 Å². The highest BCUT2D eigenvalue weighted by Gasteiger charge is 2.09. The topological polar surface area (TPSA) is 71.1 Å². The van der Waals surface area contributed by atoms with Crippen molar-refractivity contribution >= 4 is 40.6 Å². The maximum absolute atomic E-state index is 12.2. The lowest BCUT2D eigenvalue weighted by atomic mass is 10.1. The van der Waals surface area contributed by atoms with Crippen LogP contribution in [-0.2, 0) is 16.0 Å². The van der Waals surface area contributed by atoms with Crippen molar-refractivity contribution in [3.63, 3.8) is 0 Å². The van der Waals surface area contributed by atoms with E-state index in [2.05, 4.69) is 15.6 Å². The molecule has 5 nitrogen and oxygen atoms in total. The highest BCUT2D eigenvalue weighted by atomic mass is 32.2. The molecule has 1 heterocycles. The van der Waals surface area contributed by atoms with Crippen molar-refractivity contribution in [1.82, 2.24) is 10.3 Å². The third kappa shape index (κ3) is 5.94. The molecule has 0 aliphatic rings. The van der Waals surface area contributed by atoms with E-state index in [9.17, 15) is 9.59 Å². The van der Waals surface area contributed by atoms with E-state index in [1.165, 1.54) is 0 Å². The summed E-state index contributed by atoms with van der Waals surface area (Å²) in [5, 5.41) is 7.53. The zero-order valence-electron chi connectivity index (χ0n) is 15.7. The van der Waals surface area contributed by atoms with Gasteiger partial charge in [0.15, 0.2) is 4.34 Å². The number of anilines is 1. The number of nitrogens with one attached hydrogen (secondary N) is 2. The van der Waals surface area contributed by atoms with Gasteiger partial charge < -0.3 is 10.6 Å². The lowest BCUT2D eigenvalue weighted by molar-refractivity contribution is -0.123. The molecule has 2 N–H and O–H groups in total. The van der Waals surface area contributed by atoms with Crippen LogP contribution >= 0.6 is 23.1 Å². The Labute approximate surface area is 172 Å². The van der Waals surface area contributed by atoms with Gasteiger partial charge in [-0.3, -0.25) is 9.59 Å². The molecule has 3 aromatic rings. The van der Waals surface area contributed by atoms with Crippen molar-refractivity contribution in [3.05, 3.63) is 70.7 Å². The van der Waals surface area contributed by atoms with Crippen molar-refractivity contribution in [2.24, 2.45) is 0 Å². The molecule has 0 atom stereocenters. The molecule has 2 aromatic carbocycles. The first-order chi connectivity index (χ1) is 13.5. The highest BCUT2D eigenvalue weighted by molar-refractivity contribution is 8.01. The molecule has 0 aliphatic carbocycles. The largest absolute Gasteiger partial charge is 0.347 e. The molecule has 144 valence electrons. The molecule has 28 heavy (non-hydrogen) atoms. The van der Waals surface area contributed by atoms with E-state index in [-0.39, 0.29) is 24.8 Å². The van der Waals surface area contributed by atoms with Gasteiger partial charge in [0.25, 0.3) is 0 Å². The number of hydrogen-bond acceptors (Lipinski definition) is 5. The van der Waals surface area contributed by atoms with Crippen LogP contribution in [0.2, 0.25) is 0 Å². The summed E-state index contributed by atoms with van der Waals surface area (Å²) < 4.78 is 0.995. The Bertz CT molecular complexity index is 971. The quantitative estimate of drug-likeness (QED) is 0.611. The van der Waals surface area contributed by atoms with Gasteiger partial charge in [-0.25, -0.2) is 4.98 Å². The van der Waals surface area contributed by atoms with E-state index in [0.717, 1.165) is 31.7 Å². The van der Waals surface area contributed by atoms with Crippen LogP contribution in [-0.4, -0.2) is 23.3 Å². The lowest BCUT2D eigenvalue weighted by Crippen LogP contribution is -2.33. The van der Waals surface area contributed by atoms with Crippen molar-refractivity contribution in [2.45, 2.75) is 29.5 Å². The SMILES string of the molecule is Cc1csc(Sc2ccc(NC(=O)CNC(=O)Cc3ccccc3)c(C)c2)n1. The van der Waals surface area contributed by atoms with Crippen LogP contribution in [0.4, 0.5) is 5.69 Å². The van der Waals surface area contributed by atoms with Gasteiger partial charge in [-0.1, -0.05) is 42.1 Å². The van der Waals surface area contributed by atoms with Gasteiger partial charge in [0.05, 0.1) is 13.0 Å². The highest BCUT2D eigenvalue weighted by Crippen LogP contribution is 2.32. The summed E-state index contributed by atoms with van der Waals surface area (Å²) in [4.78, 5) is 29.6. The number of thiazole rings is 1. The fraction of sp³-hybridized carbons (Fsp3) is 0.190. The molecule has 3 rings (SSSR count). The Kier molecular flexibility index (Phi) is 6.84. The Morgan fingerprint density at radius 3 is 2.54 bits per heavy atom. The second-order valence-corrected chi connectivity index (χ2v) is 8.50. The van der Waals surface area contributed by atoms with E-state index in [0.29, 0.717) is 0 Å². The van der Waals surface area contributed by atoms with Crippen molar-refractivity contribution in [2.75, 3.05) is 11.9 Å². The molecule has 2 amide bonds. The Morgan fingerprint density at radius 1 is 1.07 bits per heavy atom. The smallest absolute Gasteiger partial charge is 0.243 e. The van der Waals surface area contributed by atoms with Crippen LogP contribution in [0.15, 0.2) is 63.1 Å². The summed E-state index contributed by atoms with van der Waals surface area (Å²) >= 11 is 3.22. The zero-order valence-corrected chi connectivity index (χ0v) is 17.3. The van der Waals surface area contributed by atoms with Gasteiger partial charge in [0.1, 0.15) is 0 Å². The molecule has 1 aromatic heterocycles. The summed E-state index contributed by atoms with van der Waals surface area (Å²) in [6, 6.07) is 15.3. The first kappa shape index (κ1) is 20.1. The van der Waals surface area contributed by atoms with E-state index in [1.54, 1.807) is 23.1 Å². The van der Waals surface area contributed by atoms with Gasteiger partial charge >= 0.3 is 0 Å². The van der Waals surface area contributed by atoms with Gasteiger partial charge in [-0.2, -0.15) is 0 Å². The molecule has 0 saturated carbocycles. The summed E-state index contributed by atoms with van der Waals surface area (Å²) in [7, 11) is 0. The van der Waals surface area contributed by atoms with Crippen LogP contribution in [0.25, 0.3) is 0 Å². The third-order valence-corrected chi connectivity index (χ3v) is 5.97. The molecular weight excluding hydrogens is 390 g/mol. The molecular formula is C21H21N3O2S2. The molecule has 0 unspecified atom stereocenters. The van der Waals surface area contributed by atoms with Crippen LogP contribution in [0.1, 0.15) is 16.8 Å². The number of aryl methyl sites for hydroxylation is 2. The zero-order chi connectivity index (χ0) is 19.9. The molecule has 0 bridgehead atoms. The van der Waals surface area contributed by atoms with Crippen molar-refractivity contribution in [1.29, 1.82) is 0 Å². The van der Waals surface area contributed by atoms with E-state index >= 15 is 0 Å². The lowest BCUT2D eigenvalue weighted by Gasteiger charge is -2.10. The van der Waals surface area contributed by atoms with E-state index < -0.39 is 0 Å². The average molecular weight is 412 g/mol. The van der Waals surface area contributed by atoms with Crippen LogP contribution in [0, 0.1) is 13.8 Å².